The van der Waals surface area contributed by atoms with Crippen LogP contribution in [-0.4, -0.2) is 23.3 Å². The molecule has 114 valence electrons. The lowest BCUT2D eigenvalue weighted by atomic mass is 9.76. The van der Waals surface area contributed by atoms with E-state index in [1.54, 1.807) is 0 Å². The maximum absolute atomic E-state index is 10.2. The van der Waals surface area contributed by atoms with E-state index in [1.165, 1.54) is 11.3 Å². The van der Waals surface area contributed by atoms with E-state index in [2.05, 4.69) is 29.2 Å². The number of rotatable bonds is 2. The number of hydrogen-bond donors (Lipinski definition) is 1. The Balaban J connectivity index is 1.75. The van der Waals surface area contributed by atoms with E-state index in [1.807, 2.05) is 19.9 Å². The summed E-state index contributed by atoms with van der Waals surface area (Å²) in [6.07, 6.45) is 8.92. The monoisotopic (exact) mass is 305 g/mol. The maximum atomic E-state index is 10.2. The lowest BCUT2D eigenvalue weighted by Gasteiger charge is -2.42. The van der Waals surface area contributed by atoms with Gasteiger partial charge in [0.1, 0.15) is 0 Å². The van der Waals surface area contributed by atoms with Crippen LogP contribution in [0.5, 0.6) is 0 Å². The first-order chi connectivity index (χ1) is 9.95. The summed E-state index contributed by atoms with van der Waals surface area (Å²) in [7, 11) is 0. The Labute approximate surface area is 132 Å². The van der Waals surface area contributed by atoms with Crippen molar-refractivity contribution in [3.05, 3.63) is 34.9 Å². The fourth-order valence-corrected chi connectivity index (χ4v) is 3.90. The molecule has 1 N–H and O–H groups in total. The van der Waals surface area contributed by atoms with Crippen molar-refractivity contribution >= 4 is 23.4 Å². The van der Waals surface area contributed by atoms with E-state index in [-0.39, 0.29) is 0 Å². The van der Waals surface area contributed by atoms with Crippen LogP contribution in [0.15, 0.2) is 24.3 Å². The van der Waals surface area contributed by atoms with Crippen LogP contribution in [0.1, 0.15) is 45.1 Å². The number of fused-ring (bicyclic) bond motifs is 1. The number of benzene rings is 1. The molecular formula is C18H24ClNO. The molecule has 0 radical (unpaired) electrons. The zero-order valence-electron chi connectivity index (χ0n) is 12.8. The molecule has 0 spiro atoms. The largest absolute Gasteiger partial charge is 0.390 e. The molecule has 1 heterocycles. The Bertz CT molecular complexity index is 539. The molecule has 21 heavy (non-hydrogen) atoms. The predicted molar refractivity (Wildman–Crippen MR) is 89.9 cm³/mol. The van der Waals surface area contributed by atoms with E-state index < -0.39 is 5.60 Å². The highest BCUT2D eigenvalue weighted by molar-refractivity contribution is 6.31. The third kappa shape index (κ3) is 3.12. The van der Waals surface area contributed by atoms with Crippen molar-refractivity contribution in [2.75, 3.05) is 11.4 Å². The average Bonchev–Trinajstić information content (AvgIpc) is 2.46. The van der Waals surface area contributed by atoms with Gasteiger partial charge in [0.15, 0.2) is 0 Å². The van der Waals surface area contributed by atoms with Gasteiger partial charge >= 0.3 is 0 Å². The van der Waals surface area contributed by atoms with Gasteiger partial charge in [0.2, 0.25) is 0 Å². The minimum Gasteiger partial charge on any atom is -0.390 e. The SMILES string of the molecule is CC(C)(O)C1CCC(N2CC=Cc3ccc(Cl)cc32)CC1. The lowest BCUT2D eigenvalue weighted by molar-refractivity contribution is -0.00149. The van der Waals surface area contributed by atoms with Crippen LogP contribution in [0.4, 0.5) is 5.69 Å². The zero-order chi connectivity index (χ0) is 15.0. The van der Waals surface area contributed by atoms with Gasteiger partial charge in [-0.15, -0.1) is 0 Å². The highest BCUT2D eigenvalue weighted by Crippen LogP contribution is 2.38. The second-order valence-electron chi connectivity index (χ2n) is 6.92. The molecule has 3 rings (SSSR count). The minimum atomic E-state index is -0.548. The molecule has 1 aromatic rings. The number of aliphatic hydroxyl groups is 1. The molecule has 1 aromatic carbocycles. The highest BCUT2D eigenvalue weighted by atomic mass is 35.5. The molecule has 1 aliphatic carbocycles. The molecular weight excluding hydrogens is 282 g/mol. The van der Waals surface area contributed by atoms with Crippen molar-refractivity contribution in [2.24, 2.45) is 5.92 Å². The van der Waals surface area contributed by atoms with E-state index in [0.29, 0.717) is 12.0 Å². The first-order valence-corrected chi connectivity index (χ1v) is 8.28. The first kappa shape index (κ1) is 14.9. The summed E-state index contributed by atoms with van der Waals surface area (Å²) in [6, 6.07) is 6.70. The van der Waals surface area contributed by atoms with Gasteiger partial charge in [-0.1, -0.05) is 29.8 Å². The Hall–Kier alpha value is -0.990. The highest BCUT2D eigenvalue weighted by Gasteiger charge is 2.33. The summed E-state index contributed by atoms with van der Waals surface area (Å²) in [5.41, 5.74) is 1.97. The molecule has 0 atom stereocenters. The molecule has 0 bridgehead atoms. The van der Waals surface area contributed by atoms with Gasteiger partial charge in [-0.2, -0.15) is 0 Å². The van der Waals surface area contributed by atoms with Crippen molar-refractivity contribution in [1.82, 2.24) is 0 Å². The topological polar surface area (TPSA) is 23.5 Å². The smallest absolute Gasteiger partial charge is 0.0619 e. The molecule has 0 aromatic heterocycles. The average molecular weight is 306 g/mol. The van der Waals surface area contributed by atoms with Crippen LogP contribution in [-0.2, 0) is 0 Å². The predicted octanol–water partition coefficient (Wildman–Crippen LogP) is 4.50. The van der Waals surface area contributed by atoms with Crippen molar-refractivity contribution in [3.8, 4) is 0 Å². The van der Waals surface area contributed by atoms with Crippen molar-refractivity contribution in [1.29, 1.82) is 0 Å². The standard InChI is InChI=1S/C18H24ClNO/c1-18(2,21)14-6-9-16(10-7-14)20-11-3-4-13-5-8-15(19)12-17(13)20/h3-5,8,12,14,16,21H,6-7,9-11H2,1-2H3. The van der Waals surface area contributed by atoms with Gasteiger partial charge in [0, 0.05) is 23.3 Å². The molecule has 3 heteroatoms. The van der Waals surface area contributed by atoms with Crippen LogP contribution in [0.25, 0.3) is 6.08 Å². The quantitative estimate of drug-likeness (QED) is 0.869. The third-order valence-corrected chi connectivity index (χ3v) is 5.27. The molecule has 2 nitrogen and oxygen atoms in total. The van der Waals surface area contributed by atoms with E-state index in [0.717, 1.165) is 37.3 Å². The van der Waals surface area contributed by atoms with Gasteiger partial charge in [0.25, 0.3) is 0 Å². The second kappa shape index (κ2) is 5.66. The van der Waals surface area contributed by atoms with Gasteiger partial charge in [-0.25, -0.2) is 0 Å². The first-order valence-electron chi connectivity index (χ1n) is 7.90. The molecule has 1 aliphatic heterocycles. The van der Waals surface area contributed by atoms with Crippen LogP contribution in [0, 0.1) is 5.92 Å². The van der Waals surface area contributed by atoms with Crippen molar-refractivity contribution < 1.29 is 5.11 Å². The fraction of sp³-hybridized carbons (Fsp3) is 0.556. The number of hydrogen-bond acceptors (Lipinski definition) is 2. The maximum Gasteiger partial charge on any atom is 0.0619 e. The molecule has 1 fully saturated rings. The number of halogens is 1. The molecule has 0 unspecified atom stereocenters. The minimum absolute atomic E-state index is 0.424. The van der Waals surface area contributed by atoms with Crippen LogP contribution < -0.4 is 4.90 Å². The summed E-state index contributed by atoms with van der Waals surface area (Å²) >= 11 is 6.18. The third-order valence-electron chi connectivity index (χ3n) is 5.04. The van der Waals surface area contributed by atoms with Gasteiger partial charge < -0.3 is 10.0 Å². The lowest BCUT2D eigenvalue weighted by Crippen LogP contribution is -2.43. The molecule has 0 amide bonds. The molecule has 2 aliphatic rings. The van der Waals surface area contributed by atoms with E-state index >= 15 is 0 Å². The van der Waals surface area contributed by atoms with Crippen LogP contribution in [0.3, 0.4) is 0 Å². The van der Waals surface area contributed by atoms with Crippen molar-refractivity contribution in [3.63, 3.8) is 0 Å². The summed E-state index contributed by atoms with van der Waals surface area (Å²) in [5, 5.41) is 11.0. The van der Waals surface area contributed by atoms with Crippen molar-refractivity contribution in [2.45, 2.75) is 51.2 Å². The fourth-order valence-electron chi connectivity index (χ4n) is 3.74. The Morgan fingerprint density at radius 1 is 1.19 bits per heavy atom. The van der Waals surface area contributed by atoms with Gasteiger partial charge in [0.05, 0.1) is 5.60 Å². The number of anilines is 1. The molecule has 0 saturated heterocycles. The van der Waals surface area contributed by atoms with Gasteiger partial charge in [-0.05, 0) is 63.1 Å². The summed E-state index contributed by atoms with van der Waals surface area (Å²) in [6.45, 7) is 4.85. The number of nitrogens with zero attached hydrogens (tertiary/aromatic N) is 1. The Morgan fingerprint density at radius 3 is 2.57 bits per heavy atom. The Morgan fingerprint density at radius 2 is 1.90 bits per heavy atom. The van der Waals surface area contributed by atoms with E-state index in [4.69, 9.17) is 11.6 Å². The second-order valence-corrected chi connectivity index (χ2v) is 7.35. The Kier molecular flexibility index (Phi) is 4.02. The van der Waals surface area contributed by atoms with Crippen LogP contribution >= 0.6 is 11.6 Å². The summed E-state index contributed by atoms with van der Waals surface area (Å²) < 4.78 is 0. The summed E-state index contributed by atoms with van der Waals surface area (Å²) in [5.74, 6) is 0.424. The van der Waals surface area contributed by atoms with Gasteiger partial charge in [-0.3, -0.25) is 0 Å². The normalized spacial score (nSPS) is 25.8. The zero-order valence-corrected chi connectivity index (χ0v) is 13.6. The van der Waals surface area contributed by atoms with E-state index in [9.17, 15) is 5.11 Å². The van der Waals surface area contributed by atoms with Crippen LogP contribution in [0.2, 0.25) is 5.02 Å². The molecule has 1 saturated carbocycles. The summed E-state index contributed by atoms with van der Waals surface area (Å²) in [4.78, 5) is 2.49.